The number of aromatic nitrogens is 1. The number of hydrazone groups is 1. The minimum atomic E-state index is -0.419. The summed E-state index contributed by atoms with van der Waals surface area (Å²) in [6, 6.07) is 8.73. The van der Waals surface area contributed by atoms with Gasteiger partial charge in [0.25, 0.3) is 5.69 Å². The third-order valence-corrected chi connectivity index (χ3v) is 4.93. The standard InChI is InChI=1S/C21H24N6O3/c1-15-10-17(14-30-2)19(12-22)21(24-15)25-23-13-16-11-18(27(28)29)6-7-20(16)26-8-4-3-5-9-26/h6-7,10-11,13H,3-5,8-9,14H2,1-2H3,(H,24,25)/b23-13-. The summed E-state index contributed by atoms with van der Waals surface area (Å²) in [4.78, 5) is 17.4. The summed E-state index contributed by atoms with van der Waals surface area (Å²) in [5.41, 5.74) is 6.17. The van der Waals surface area contributed by atoms with Gasteiger partial charge in [0.05, 0.1) is 17.7 Å². The van der Waals surface area contributed by atoms with Crippen LogP contribution in [0.1, 0.15) is 41.6 Å². The Morgan fingerprint density at radius 1 is 1.37 bits per heavy atom. The first-order valence-electron chi connectivity index (χ1n) is 9.75. The molecule has 1 N–H and O–H groups in total. The number of ether oxygens (including phenoxy) is 1. The number of rotatable bonds is 7. The summed E-state index contributed by atoms with van der Waals surface area (Å²) in [5.74, 6) is 0.325. The Morgan fingerprint density at radius 2 is 2.13 bits per heavy atom. The first-order valence-corrected chi connectivity index (χ1v) is 9.75. The third kappa shape index (κ3) is 4.90. The molecular formula is C21H24N6O3. The Morgan fingerprint density at radius 3 is 2.80 bits per heavy atom. The van der Waals surface area contributed by atoms with Crippen molar-refractivity contribution in [3.05, 3.63) is 56.8 Å². The van der Waals surface area contributed by atoms with Gasteiger partial charge < -0.3 is 9.64 Å². The molecule has 1 aliphatic rings. The Bertz CT molecular complexity index is 993. The second-order valence-electron chi connectivity index (χ2n) is 7.11. The number of anilines is 2. The fourth-order valence-electron chi connectivity index (χ4n) is 3.56. The van der Waals surface area contributed by atoms with Crippen molar-refractivity contribution in [3.8, 4) is 6.07 Å². The Kier molecular flexibility index (Phi) is 6.93. The highest BCUT2D eigenvalue weighted by molar-refractivity contribution is 5.89. The van der Waals surface area contributed by atoms with Crippen LogP contribution in [0.2, 0.25) is 0 Å². The van der Waals surface area contributed by atoms with Gasteiger partial charge in [-0.3, -0.25) is 15.5 Å². The molecule has 1 aromatic carbocycles. The summed E-state index contributed by atoms with van der Waals surface area (Å²) >= 11 is 0. The first kappa shape index (κ1) is 21.2. The zero-order valence-corrected chi connectivity index (χ0v) is 17.1. The molecule has 156 valence electrons. The second kappa shape index (κ2) is 9.80. The number of nitro benzene ring substituents is 1. The van der Waals surface area contributed by atoms with Crippen LogP contribution in [-0.2, 0) is 11.3 Å². The predicted molar refractivity (Wildman–Crippen MR) is 115 cm³/mol. The number of nitro groups is 1. The highest BCUT2D eigenvalue weighted by Gasteiger charge is 2.17. The highest BCUT2D eigenvalue weighted by atomic mass is 16.6. The largest absolute Gasteiger partial charge is 0.380 e. The molecule has 1 saturated heterocycles. The zero-order chi connectivity index (χ0) is 21.5. The van der Waals surface area contributed by atoms with Crippen molar-refractivity contribution in [2.75, 3.05) is 30.5 Å². The Labute approximate surface area is 175 Å². The van der Waals surface area contributed by atoms with Crippen LogP contribution in [0.15, 0.2) is 29.4 Å². The average Bonchev–Trinajstić information content (AvgIpc) is 2.74. The molecule has 2 heterocycles. The maximum absolute atomic E-state index is 11.2. The van der Waals surface area contributed by atoms with E-state index in [-0.39, 0.29) is 12.3 Å². The summed E-state index contributed by atoms with van der Waals surface area (Å²) in [7, 11) is 1.56. The van der Waals surface area contributed by atoms with Gasteiger partial charge in [0.15, 0.2) is 5.82 Å². The van der Waals surface area contributed by atoms with Crippen molar-refractivity contribution in [2.45, 2.75) is 32.8 Å². The maximum Gasteiger partial charge on any atom is 0.270 e. The monoisotopic (exact) mass is 408 g/mol. The minimum Gasteiger partial charge on any atom is -0.380 e. The summed E-state index contributed by atoms with van der Waals surface area (Å²) in [6.07, 6.45) is 4.91. The molecule has 0 atom stereocenters. The smallest absolute Gasteiger partial charge is 0.270 e. The lowest BCUT2D eigenvalue weighted by atomic mass is 10.1. The summed E-state index contributed by atoms with van der Waals surface area (Å²) < 4.78 is 5.16. The first-order chi connectivity index (χ1) is 14.5. The molecule has 0 spiro atoms. The zero-order valence-electron chi connectivity index (χ0n) is 17.1. The molecule has 30 heavy (non-hydrogen) atoms. The predicted octanol–water partition coefficient (Wildman–Crippen LogP) is 3.75. The van der Waals surface area contributed by atoms with Gasteiger partial charge in [0.1, 0.15) is 11.6 Å². The summed E-state index contributed by atoms with van der Waals surface area (Å²) in [5, 5.41) is 25.0. The lowest BCUT2D eigenvalue weighted by Gasteiger charge is -2.29. The van der Waals surface area contributed by atoms with E-state index in [0.717, 1.165) is 42.9 Å². The molecule has 0 amide bonds. The van der Waals surface area contributed by atoms with Gasteiger partial charge in [0.2, 0.25) is 0 Å². The topological polar surface area (TPSA) is 117 Å². The van der Waals surface area contributed by atoms with E-state index in [1.54, 1.807) is 19.2 Å². The molecule has 9 heteroatoms. The number of hydrogen-bond acceptors (Lipinski definition) is 8. The Balaban J connectivity index is 1.91. The third-order valence-electron chi connectivity index (χ3n) is 4.93. The van der Waals surface area contributed by atoms with E-state index in [0.29, 0.717) is 16.9 Å². The molecule has 9 nitrogen and oxygen atoms in total. The number of nitriles is 1. The number of benzene rings is 1. The van der Waals surface area contributed by atoms with E-state index in [9.17, 15) is 15.4 Å². The fourth-order valence-corrected chi connectivity index (χ4v) is 3.56. The van der Waals surface area contributed by atoms with E-state index in [1.807, 2.05) is 6.92 Å². The number of non-ortho nitro benzene ring substituents is 1. The normalized spacial score (nSPS) is 14.0. The van der Waals surface area contributed by atoms with Crippen LogP contribution in [0.3, 0.4) is 0 Å². The molecule has 1 aliphatic heterocycles. The molecule has 2 aromatic rings. The van der Waals surface area contributed by atoms with E-state index in [2.05, 4.69) is 26.5 Å². The maximum atomic E-state index is 11.2. The average molecular weight is 408 g/mol. The molecule has 0 unspecified atom stereocenters. The number of piperidine rings is 1. The minimum absolute atomic E-state index is 0.00554. The van der Waals surface area contributed by atoms with Gasteiger partial charge in [-0.25, -0.2) is 4.98 Å². The van der Waals surface area contributed by atoms with Crippen LogP contribution in [0.5, 0.6) is 0 Å². The molecule has 1 aromatic heterocycles. The quantitative estimate of drug-likeness (QED) is 0.421. The SMILES string of the molecule is COCc1cc(C)nc(N/N=C\c2cc([N+](=O)[O-])ccc2N2CCCCC2)c1C#N. The van der Waals surface area contributed by atoms with Gasteiger partial charge in [-0.1, -0.05) is 0 Å². The molecule has 0 bridgehead atoms. The molecule has 0 aliphatic carbocycles. The van der Waals surface area contributed by atoms with Crippen molar-refractivity contribution < 1.29 is 9.66 Å². The number of pyridine rings is 1. The molecular weight excluding hydrogens is 384 g/mol. The van der Waals surface area contributed by atoms with Crippen LogP contribution < -0.4 is 10.3 Å². The van der Waals surface area contributed by atoms with Gasteiger partial charge >= 0.3 is 0 Å². The number of hydrogen-bond donors (Lipinski definition) is 1. The summed E-state index contributed by atoms with van der Waals surface area (Å²) in [6.45, 7) is 3.92. The van der Waals surface area contributed by atoms with Gasteiger partial charge in [-0.2, -0.15) is 10.4 Å². The Hall–Kier alpha value is -3.51. The van der Waals surface area contributed by atoms with Gasteiger partial charge in [0, 0.05) is 54.8 Å². The van der Waals surface area contributed by atoms with E-state index in [4.69, 9.17) is 4.74 Å². The number of methoxy groups -OCH3 is 1. The fraction of sp³-hybridized carbons (Fsp3) is 0.381. The van der Waals surface area contributed by atoms with Gasteiger partial charge in [-0.05, 0) is 38.3 Å². The van der Waals surface area contributed by atoms with Crippen molar-refractivity contribution >= 4 is 23.4 Å². The lowest BCUT2D eigenvalue weighted by Crippen LogP contribution is -2.30. The van der Waals surface area contributed by atoms with E-state index < -0.39 is 4.92 Å². The highest BCUT2D eigenvalue weighted by Crippen LogP contribution is 2.27. The van der Waals surface area contributed by atoms with E-state index >= 15 is 0 Å². The van der Waals surface area contributed by atoms with Crippen molar-refractivity contribution in [2.24, 2.45) is 5.10 Å². The van der Waals surface area contributed by atoms with Gasteiger partial charge in [-0.15, -0.1) is 0 Å². The van der Waals surface area contributed by atoms with E-state index in [1.165, 1.54) is 24.8 Å². The molecule has 3 rings (SSSR count). The van der Waals surface area contributed by atoms with Crippen molar-refractivity contribution in [3.63, 3.8) is 0 Å². The number of nitrogens with zero attached hydrogens (tertiary/aromatic N) is 5. The van der Waals surface area contributed by atoms with Crippen molar-refractivity contribution in [1.29, 1.82) is 5.26 Å². The van der Waals surface area contributed by atoms with Crippen molar-refractivity contribution in [1.82, 2.24) is 4.98 Å². The van der Waals surface area contributed by atoms with Crippen LogP contribution in [0.4, 0.5) is 17.2 Å². The molecule has 0 radical (unpaired) electrons. The second-order valence-corrected chi connectivity index (χ2v) is 7.11. The molecule has 0 saturated carbocycles. The number of aryl methyl sites for hydroxylation is 1. The van der Waals surface area contributed by atoms with Crippen LogP contribution in [0.25, 0.3) is 0 Å². The molecule has 1 fully saturated rings. The number of nitrogens with one attached hydrogen (secondary N) is 1. The van der Waals surface area contributed by atoms with Crippen LogP contribution in [0, 0.1) is 28.4 Å². The van der Waals surface area contributed by atoms with Crippen LogP contribution >= 0.6 is 0 Å². The van der Waals surface area contributed by atoms with Crippen LogP contribution in [-0.4, -0.2) is 36.3 Å². The lowest BCUT2D eigenvalue weighted by molar-refractivity contribution is -0.384.